The van der Waals surface area contributed by atoms with Crippen LogP contribution in [0, 0.1) is 11.8 Å². The molecule has 2 fully saturated rings. The molecule has 0 bridgehead atoms. The van der Waals surface area contributed by atoms with Gasteiger partial charge in [0, 0.05) is 45.1 Å². The van der Waals surface area contributed by atoms with Crippen LogP contribution in [0.25, 0.3) is 0 Å². The van der Waals surface area contributed by atoms with Crippen LogP contribution in [0.4, 0.5) is 0 Å². The van der Waals surface area contributed by atoms with Crippen LogP contribution in [0.1, 0.15) is 32.1 Å². The van der Waals surface area contributed by atoms with Crippen molar-refractivity contribution in [1.82, 2.24) is 24.6 Å². The largest absolute Gasteiger partial charge is 0.396 e. The summed E-state index contributed by atoms with van der Waals surface area (Å²) in [6.45, 7) is 5.60. The summed E-state index contributed by atoms with van der Waals surface area (Å²) < 4.78 is 1.83. The molecule has 7 heteroatoms. The highest BCUT2D eigenvalue weighted by Crippen LogP contribution is 2.25. The number of aliphatic hydroxyl groups excluding tert-OH is 1. The second-order valence-electron chi connectivity index (χ2n) is 7.17. The van der Waals surface area contributed by atoms with Crippen LogP contribution in [-0.4, -0.2) is 74.9 Å². The van der Waals surface area contributed by atoms with Crippen LogP contribution in [0.5, 0.6) is 0 Å². The van der Waals surface area contributed by atoms with Crippen LogP contribution in [0.15, 0.2) is 12.7 Å². The van der Waals surface area contributed by atoms with Crippen molar-refractivity contribution in [3.63, 3.8) is 0 Å². The van der Waals surface area contributed by atoms with Crippen LogP contribution in [0.3, 0.4) is 0 Å². The highest BCUT2D eigenvalue weighted by molar-refractivity contribution is 5.76. The topological polar surface area (TPSA) is 74.5 Å². The molecule has 2 saturated heterocycles. The van der Waals surface area contributed by atoms with Crippen molar-refractivity contribution in [3.05, 3.63) is 12.7 Å². The number of hydrogen-bond acceptors (Lipinski definition) is 5. The molecule has 2 aliphatic heterocycles. The zero-order valence-corrected chi connectivity index (χ0v) is 14.4. The summed E-state index contributed by atoms with van der Waals surface area (Å²) in [4.78, 5) is 16.9. The predicted octanol–water partition coefficient (Wildman–Crippen LogP) is 0.611. The lowest BCUT2D eigenvalue weighted by atomic mass is 9.96. The number of likely N-dealkylation sites (tertiary alicyclic amines) is 2. The van der Waals surface area contributed by atoms with E-state index >= 15 is 0 Å². The molecule has 0 aromatic carbocycles. The van der Waals surface area contributed by atoms with E-state index < -0.39 is 0 Å². The maximum Gasteiger partial charge on any atom is 0.224 e. The van der Waals surface area contributed by atoms with Gasteiger partial charge in [-0.1, -0.05) is 12.8 Å². The van der Waals surface area contributed by atoms with Crippen LogP contribution in [0.2, 0.25) is 0 Å². The van der Waals surface area contributed by atoms with E-state index in [4.69, 9.17) is 0 Å². The van der Waals surface area contributed by atoms with Gasteiger partial charge in [0.1, 0.15) is 12.7 Å². The van der Waals surface area contributed by atoms with E-state index in [0.717, 1.165) is 26.2 Å². The molecule has 0 saturated carbocycles. The Morgan fingerprint density at radius 2 is 1.71 bits per heavy atom. The second-order valence-corrected chi connectivity index (χ2v) is 7.17. The smallest absolute Gasteiger partial charge is 0.224 e. The lowest BCUT2D eigenvalue weighted by molar-refractivity contribution is -0.130. The average Bonchev–Trinajstić information content (AvgIpc) is 3.18. The number of carbonyl (C=O) groups is 1. The maximum absolute atomic E-state index is 12.5. The zero-order valence-electron chi connectivity index (χ0n) is 14.4. The first-order valence-electron chi connectivity index (χ1n) is 9.19. The molecule has 3 heterocycles. The fraction of sp³-hybridized carbons (Fsp3) is 0.824. The van der Waals surface area contributed by atoms with Gasteiger partial charge in [-0.3, -0.25) is 4.79 Å². The van der Waals surface area contributed by atoms with Crippen molar-refractivity contribution in [1.29, 1.82) is 0 Å². The summed E-state index contributed by atoms with van der Waals surface area (Å²) in [5, 5.41) is 17.2. The van der Waals surface area contributed by atoms with Gasteiger partial charge < -0.3 is 19.5 Å². The lowest BCUT2D eigenvalue weighted by Crippen LogP contribution is -2.35. The Balaban J connectivity index is 1.50. The Bertz CT molecular complexity index is 499. The van der Waals surface area contributed by atoms with Gasteiger partial charge in [-0.15, -0.1) is 10.2 Å². The van der Waals surface area contributed by atoms with E-state index in [1.54, 1.807) is 12.7 Å². The molecule has 3 rings (SSSR count). The van der Waals surface area contributed by atoms with E-state index in [1.165, 1.54) is 25.7 Å². The second kappa shape index (κ2) is 8.58. The summed E-state index contributed by atoms with van der Waals surface area (Å²) in [6.07, 6.45) is 8.95. The fourth-order valence-electron chi connectivity index (χ4n) is 3.93. The van der Waals surface area contributed by atoms with Crippen molar-refractivity contribution in [2.24, 2.45) is 11.8 Å². The number of nitrogens with zero attached hydrogens (tertiary/aromatic N) is 5. The number of aromatic nitrogens is 3. The Kier molecular flexibility index (Phi) is 6.20. The van der Waals surface area contributed by atoms with Gasteiger partial charge in [0.05, 0.1) is 0 Å². The van der Waals surface area contributed by atoms with Gasteiger partial charge in [-0.25, -0.2) is 0 Å². The predicted molar refractivity (Wildman–Crippen MR) is 90.2 cm³/mol. The Labute approximate surface area is 143 Å². The molecule has 24 heavy (non-hydrogen) atoms. The zero-order chi connectivity index (χ0) is 16.8. The fourth-order valence-corrected chi connectivity index (χ4v) is 3.93. The molecule has 2 atom stereocenters. The van der Waals surface area contributed by atoms with Gasteiger partial charge in [-0.2, -0.15) is 0 Å². The van der Waals surface area contributed by atoms with Crippen LogP contribution >= 0.6 is 0 Å². The molecule has 1 N–H and O–H groups in total. The first kappa shape index (κ1) is 17.4. The average molecular weight is 335 g/mol. The third-order valence-corrected chi connectivity index (χ3v) is 5.41. The molecular weight excluding hydrogens is 306 g/mol. The molecule has 0 spiro atoms. The summed E-state index contributed by atoms with van der Waals surface area (Å²) in [5.41, 5.74) is 0. The first-order valence-corrected chi connectivity index (χ1v) is 9.19. The number of aliphatic hydroxyl groups is 1. The lowest BCUT2D eigenvalue weighted by Gasteiger charge is -2.26. The first-order chi connectivity index (χ1) is 11.8. The normalized spacial score (nSPS) is 25.8. The molecule has 134 valence electrons. The molecule has 1 aromatic heterocycles. The van der Waals surface area contributed by atoms with Gasteiger partial charge in [-0.05, 0) is 31.8 Å². The number of amides is 1. The Morgan fingerprint density at radius 3 is 2.38 bits per heavy atom. The summed E-state index contributed by atoms with van der Waals surface area (Å²) in [5.74, 6) is 0.777. The maximum atomic E-state index is 12.5. The summed E-state index contributed by atoms with van der Waals surface area (Å²) in [6, 6.07) is 0. The highest BCUT2D eigenvalue weighted by atomic mass is 16.3. The van der Waals surface area contributed by atoms with Crippen molar-refractivity contribution in [2.45, 2.75) is 38.6 Å². The standard InChI is InChI=1S/C17H29N5O2/c23-12-16-11-22(17(24)5-8-21-13-18-19-14-21)10-15(16)9-20-6-3-1-2-4-7-20/h13-16,23H,1-12H2/t15-,16-/m1/s1. The molecule has 1 aromatic rings. The van der Waals surface area contributed by atoms with E-state index in [1.807, 2.05) is 9.47 Å². The number of rotatable bonds is 6. The minimum Gasteiger partial charge on any atom is -0.396 e. The van der Waals surface area contributed by atoms with E-state index in [9.17, 15) is 9.90 Å². The number of aryl methyl sites for hydroxylation is 1. The molecule has 7 nitrogen and oxygen atoms in total. The van der Waals surface area contributed by atoms with Gasteiger partial charge in [0.25, 0.3) is 0 Å². The highest BCUT2D eigenvalue weighted by Gasteiger charge is 2.35. The molecular formula is C17H29N5O2. The third kappa shape index (κ3) is 4.54. The monoisotopic (exact) mass is 335 g/mol. The minimum atomic E-state index is 0.167. The van der Waals surface area contributed by atoms with Crippen LogP contribution < -0.4 is 0 Å². The Morgan fingerprint density at radius 1 is 1.04 bits per heavy atom. The SMILES string of the molecule is O=C(CCn1cnnc1)N1C[C@@H](CN2CCCCCC2)[C@@H](CO)C1. The van der Waals surface area contributed by atoms with Gasteiger partial charge in [0.2, 0.25) is 5.91 Å². The number of carbonyl (C=O) groups excluding carboxylic acids is 1. The van der Waals surface area contributed by atoms with E-state index in [0.29, 0.717) is 25.4 Å². The molecule has 0 radical (unpaired) electrons. The van der Waals surface area contributed by atoms with E-state index in [-0.39, 0.29) is 18.4 Å². The number of hydrogen-bond donors (Lipinski definition) is 1. The van der Waals surface area contributed by atoms with E-state index in [2.05, 4.69) is 15.1 Å². The van der Waals surface area contributed by atoms with Crippen LogP contribution in [-0.2, 0) is 11.3 Å². The minimum absolute atomic E-state index is 0.167. The third-order valence-electron chi connectivity index (χ3n) is 5.41. The van der Waals surface area contributed by atoms with Gasteiger partial charge >= 0.3 is 0 Å². The van der Waals surface area contributed by atoms with Crippen molar-refractivity contribution < 1.29 is 9.90 Å². The summed E-state index contributed by atoms with van der Waals surface area (Å²) in [7, 11) is 0. The summed E-state index contributed by atoms with van der Waals surface area (Å²) >= 11 is 0. The molecule has 1 amide bonds. The Hall–Kier alpha value is -1.47. The molecule has 0 unspecified atom stereocenters. The molecule has 0 aliphatic carbocycles. The van der Waals surface area contributed by atoms with Gasteiger partial charge in [0.15, 0.2) is 0 Å². The van der Waals surface area contributed by atoms with Crippen molar-refractivity contribution in [3.8, 4) is 0 Å². The van der Waals surface area contributed by atoms with Crippen molar-refractivity contribution in [2.75, 3.05) is 39.3 Å². The molecule has 2 aliphatic rings. The van der Waals surface area contributed by atoms with Crippen molar-refractivity contribution >= 4 is 5.91 Å². The quantitative estimate of drug-likeness (QED) is 0.824.